The third-order valence-electron chi connectivity index (χ3n) is 2.67. The van der Waals surface area contributed by atoms with E-state index in [2.05, 4.69) is 38.1 Å². The normalized spacial score (nSPS) is 18.4. The van der Waals surface area contributed by atoms with Crippen LogP contribution in [0.4, 0.5) is 0 Å². The molecule has 2 rings (SSSR count). The Labute approximate surface area is 113 Å². The smallest absolute Gasteiger partial charge is 1.00 e. The number of rotatable bonds is 0. The van der Waals surface area contributed by atoms with Crippen LogP contribution in [0.15, 0.2) is 27.5 Å². The first-order valence-electron chi connectivity index (χ1n) is 4.23. The molecule has 1 aromatic carbocycles. The van der Waals surface area contributed by atoms with Gasteiger partial charge in [0.1, 0.15) is 0 Å². The molecule has 3 heteroatoms. The molecule has 0 nitrogen and oxygen atoms in total. The molecule has 73 valence electrons. The second-order valence-electron chi connectivity index (χ2n) is 3.35. The number of hydrogen-bond acceptors (Lipinski definition) is 0. The molecule has 0 saturated heterocycles. The van der Waals surface area contributed by atoms with Crippen molar-refractivity contribution in [1.82, 2.24) is 0 Å². The molecule has 0 amide bonds. The van der Waals surface area contributed by atoms with E-state index >= 15 is 0 Å². The number of allylic oxidation sites excluding steroid dienone is 2. The monoisotopic (exact) mass is 303 g/mol. The van der Waals surface area contributed by atoms with E-state index in [0.29, 0.717) is 5.92 Å². The van der Waals surface area contributed by atoms with Gasteiger partial charge in [0, 0.05) is 0 Å². The maximum absolute atomic E-state index is 2.30. The number of benzene rings is 1. The van der Waals surface area contributed by atoms with Crippen molar-refractivity contribution in [2.75, 3.05) is 0 Å². The molecule has 0 fully saturated rings. The van der Waals surface area contributed by atoms with E-state index in [-0.39, 0.29) is 24.8 Å². The Bertz CT molecular complexity index is 358. The Morgan fingerprint density at radius 1 is 1.14 bits per heavy atom. The van der Waals surface area contributed by atoms with Gasteiger partial charge in [-0.1, -0.05) is 0 Å². The van der Waals surface area contributed by atoms with Gasteiger partial charge in [-0.05, 0) is 0 Å². The van der Waals surface area contributed by atoms with Crippen LogP contribution in [0.3, 0.4) is 0 Å². The van der Waals surface area contributed by atoms with Crippen LogP contribution in [-0.4, -0.2) is 0 Å². The van der Waals surface area contributed by atoms with Crippen LogP contribution in [0, 0.1) is 0 Å². The van der Waals surface area contributed by atoms with Gasteiger partial charge in [0.25, 0.3) is 0 Å². The van der Waals surface area contributed by atoms with E-state index in [9.17, 15) is 0 Å². The summed E-state index contributed by atoms with van der Waals surface area (Å²) in [6.07, 6.45) is 0. The Hall–Kier alpha value is 0.423. The maximum Gasteiger partial charge on any atom is -1.00 e. The average Bonchev–Trinajstić information content (AvgIpc) is 2.33. The fraction of sp³-hybridized carbons (Fsp3) is 0.273. The third kappa shape index (κ3) is 2.16. The zero-order chi connectivity index (χ0) is 8.72. The molecular weight excluding hydrogens is 294 g/mol. The maximum atomic E-state index is 2.30. The van der Waals surface area contributed by atoms with E-state index in [0.717, 1.165) is 0 Å². The first-order chi connectivity index (χ1) is 5.72. The molecule has 0 aromatic heterocycles. The summed E-state index contributed by atoms with van der Waals surface area (Å²) in [4.78, 5) is 0. The average molecular weight is 305 g/mol. The van der Waals surface area contributed by atoms with Crippen LogP contribution < -0.4 is 24.8 Å². The van der Waals surface area contributed by atoms with E-state index in [4.69, 9.17) is 0 Å². The second-order valence-corrected chi connectivity index (χ2v) is 4.67. The zero-order valence-corrected chi connectivity index (χ0v) is 12.1. The predicted molar refractivity (Wildman–Crippen MR) is 47.5 cm³/mol. The topological polar surface area (TPSA) is 0 Å². The van der Waals surface area contributed by atoms with Crippen molar-refractivity contribution in [2.45, 2.75) is 19.8 Å². The molecule has 0 saturated carbocycles. The van der Waals surface area contributed by atoms with Gasteiger partial charge < -0.3 is 24.8 Å². The number of hydrogen-bond donors (Lipinski definition) is 0. The molecule has 14 heavy (non-hydrogen) atoms. The van der Waals surface area contributed by atoms with Crippen LogP contribution in [0.25, 0.3) is 5.57 Å². The zero-order valence-electron chi connectivity index (χ0n) is 8.14. The molecule has 1 aliphatic carbocycles. The Balaban J connectivity index is 0.000000845. The molecule has 0 radical (unpaired) electrons. The van der Waals surface area contributed by atoms with Gasteiger partial charge >= 0.3 is 88.7 Å². The van der Waals surface area contributed by atoms with Crippen molar-refractivity contribution in [3.63, 3.8) is 0 Å². The summed E-state index contributed by atoms with van der Waals surface area (Å²) in [6, 6.07) is 8.75. The van der Waals surface area contributed by atoms with Gasteiger partial charge in [-0.2, -0.15) is 0 Å². The Morgan fingerprint density at radius 3 is 2.29 bits per heavy atom. The molecule has 0 spiro atoms. The van der Waals surface area contributed by atoms with Crippen LogP contribution in [0.5, 0.6) is 0 Å². The van der Waals surface area contributed by atoms with Crippen LogP contribution in [-0.2, 0) is 24.7 Å². The van der Waals surface area contributed by atoms with Gasteiger partial charge in [-0.15, -0.1) is 0 Å². The van der Waals surface area contributed by atoms with Crippen LogP contribution in [0.2, 0.25) is 0 Å². The van der Waals surface area contributed by atoms with Crippen molar-refractivity contribution in [2.24, 2.45) is 0 Å². The third-order valence-corrected chi connectivity index (χ3v) is 4.65. The summed E-state index contributed by atoms with van der Waals surface area (Å²) in [6.45, 7) is 4.55. The predicted octanol–water partition coefficient (Wildman–Crippen LogP) is -2.91. The summed E-state index contributed by atoms with van der Waals surface area (Å²) in [7, 11) is 0. The fourth-order valence-electron chi connectivity index (χ4n) is 1.84. The van der Waals surface area contributed by atoms with Gasteiger partial charge in [0.05, 0.1) is 0 Å². The second kappa shape index (κ2) is 5.49. The first-order valence-corrected chi connectivity index (χ1v) is 5.46. The van der Waals surface area contributed by atoms with Crippen LogP contribution >= 0.6 is 0 Å². The van der Waals surface area contributed by atoms with Crippen molar-refractivity contribution < 1.29 is 49.5 Å². The van der Waals surface area contributed by atoms with E-state index < -0.39 is 0 Å². The van der Waals surface area contributed by atoms with Crippen molar-refractivity contribution in [1.29, 1.82) is 0 Å². The van der Waals surface area contributed by atoms with Gasteiger partial charge in [-0.3, -0.25) is 0 Å². The van der Waals surface area contributed by atoms with E-state index in [1.54, 1.807) is 28.0 Å². The van der Waals surface area contributed by atoms with Crippen LogP contribution in [0.1, 0.15) is 30.9 Å². The molecule has 0 heterocycles. The molecule has 0 bridgehead atoms. The minimum atomic E-state index is 0. The minimum absolute atomic E-state index is 0. The summed E-state index contributed by atoms with van der Waals surface area (Å²) in [5.74, 6) is 0.666. The molecular formula is C11H11Cl2Zr. The summed E-state index contributed by atoms with van der Waals surface area (Å²) < 4.78 is 1.61. The number of fused-ring (bicyclic) bond motifs is 1. The first kappa shape index (κ1) is 14.4. The Kier molecular flexibility index (Phi) is 5.66. The number of halogens is 2. The standard InChI is InChI=1S/C11H11.2ClH.Zr/c1-8-7-9(2)11-6-4-3-5-10(8)11;;;/h3-6,8H,1-2H3;2*1H;/q;;;+2/p-2. The SMILES string of the molecule is CC1=[C]([Zr+2])C(C)c2ccccc21.[Cl-].[Cl-]. The molecule has 0 N–H and O–H groups in total. The van der Waals surface area contributed by atoms with Crippen molar-refractivity contribution in [3.05, 3.63) is 38.7 Å². The minimum Gasteiger partial charge on any atom is -1.00 e. The molecule has 0 aliphatic heterocycles. The van der Waals surface area contributed by atoms with Gasteiger partial charge in [0.15, 0.2) is 0 Å². The van der Waals surface area contributed by atoms with E-state index in [1.807, 2.05) is 0 Å². The molecule has 1 unspecified atom stereocenters. The largest absolute Gasteiger partial charge is 1.00 e. The summed E-state index contributed by atoms with van der Waals surface area (Å²) in [5, 5.41) is 0. The van der Waals surface area contributed by atoms with Gasteiger partial charge in [0.2, 0.25) is 0 Å². The quantitative estimate of drug-likeness (QED) is 0.482. The fourth-order valence-corrected chi connectivity index (χ4v) is 2.55. The summed E-state index contributed by atoms with van der Waals surface area (Å²) >= 11 is 1.57. The molecule has 1 aliphatic rings. The molecule has 1 aromatic rings. The summed E-state index contributed by atoms with van der Waals surface area (Å²) in [5.41, 5.74) is 4.50. The van der Waals surface area contributed by atoms with Crippen molar-refractivity contribution in [3.8, 4) is 0 Å². The Morgan fingerprint density at radius 2 is 1.71 bits per heavy atom. The molecule has 1 atom stereocenters. The van der Waals surface area contributed by atoms with Gasteiger partial charge in [-0.25, -0.2) is 0 Å². The van der Waals surface area contributed by atoms with E-state index in [1.165, 1.54) is 16.7 Å². The van der Waals surface area contributed by atoms with Crippen molar-refractivity contribution >= 4 is 5.57 Å².